The third-order valence-corrected chi connectivity index (χ3v) is 4.94. The first-order valence-electron chi connectivity index (χ1n) is 9.43. The number of nitrogens with one attached hydrogen (secondary N) is 3. The normalized spacial score (nSPS) is 13.7. The highest BCUT2D eigenvalue weighted by atomic mass is 35.5. The van der Waals surface area contributed by atoms with Gasteiger partial charge < -0.3 is 20.7 Å². The number of nitrogens with zero attached hydrogens (tertiary/aromatic N) is 1. The van der Waals surface area contributed by atoms with Crippen molar-refractivity contribution in [3.8, 4) is 5.75 Å². The zero-order valence-electron chi connectivity index (χ0n) is 16.2. The summed E-state index contributed by atoms with van der Waals surface area (Å²) >= 11 is 12.1. The van der Waals surface area contributed by atoms with Gasteiger partial charge in [-0.25, -0.2) is 0 Å². The van der Waals surface area contributed by atoms with E-state index in [0.29, 0.717) is 40.9 Å². The van der Waals surface area contributed by atoms with Gasteiger partial charge in [0.15, 0.2) is 12.6 Å². The quantitative estimate of drug-likeness (QED) is 0.438. The van der Waals surface area contributed by atoms with Crippen LogP contribution in [0.4, 0.5) is 0 Å². The predicted molar refractivity (Wildman–Crippen MR) is 117 cm³/mol. The Balaban J connectivity index is 1.46. The van der Waals surface area contributed by atoms with Gasteiger partial charge in [0.1, 0.15) is 5.75 Å². The molecular weight excluding hydrogens is 411 g/mol. The Bertz CT molecular complexity index is 885. The summed E-state index contributed by atoms with van der Waals surface area (Å²) in [7, 11) is 1.71. The molecule has 0 spiro atoms. The number of benzene rings is 2. The van der Waals surface area contributed by atoms with Gasteiger partial charge in [-0.2, -0.15) is 0 Å². The lowest BCUT2D eigenvalue weighted by Crippen LogP contribution is -2.36. The Hall–Kier alpha value is -2.44. The standard InChI is InChI=1S/C21H24Cl2N4O2/c1-24-21(26-12-15-5-6-16(22)10-19(15)23)25-11-14-3-2-4-18(9-14)29-13-20(28)27-17-7-8-17/h2-6,9-10,17H,7-8,11-13H2,1H3,(H,27,28)(H2,24,25,26). The van der Waals surface area contributed by atoms with Crippen LogP contribution in [0.3, 0.4) is 0 Å². The maximum Gasteiger partial charge on any atom is 0.258 e. The van der Waals surface area contributed by atoms with Crippen LogP contribution >= 0.6 is 23.2 Å². The first-order chi connectivity index (χ1) is 14.0. The van der Waals surface area contributed by atoms with Crippen LogP contribution in [-0.2, 0) is 17.9 Å². The van der Waals surface area contributed by atoms with E-state index in [1.807, 2.05) is 30.3 Å². The van der Waals surface area contributed by atoms with Crippen molar-refractivity contribution in [1.29, 1.82) is 0 Å². The molecule has 8 heteroatoms. The Kier molecular flexibility index (Phi) is 7.61. The summed E-state index contributed by atoms with van der Waals surface area (Å²) in [5, 5.41) is 10.6. The van der Waals surface area contributed by atoms with Crippen molar-refractivity contribution in [1.82, 2.24) is 16.0 Å². The van der Waals surface area contributed by atoms with Crippen LogP contribution in [0, 0.1) is 0 Å². The van der Waals surface area contributed by atoms with Crippen molar-refractivity contribution in [2.45, 2.75) is 32.0 Å². The molecule has 3 N–H and O–H groups in total. The molecule has 0 radical (unpaired) electrons. The minimum absolute atomic E-state index is 0.0262. The van der Waals surface area contributed by atoms with Crippen molar-refractivity contribution >= 4 is 35.1 Å². The van der Waals surface area contributed by atoms with Crippen molar-refractivity contribution in [3.05, 3.63) is 63.6 Å². The first kappa shape index (κ1) is 21.3. The summed E-state index contributed by atoms with van der Waals surface area (Å²) in [5.74, 6) is 1.22. The van der Waals surface area contributed by atoms with E-state index < -0.39 is 0 Å². The van der Waals surface area contributed by atoms with Crippen LogP contribution in [0.1, 0.15) is 24.0 Å². The van der Waals surface area contributed by atoms with Gasteiger partial charge in [-0.1, -0.05) is 41.4 Å². The molecule has 0 aromatic heterocycles. The van der Waals surface area contributed by atoms with Crippen LogP contribution in [0.15, 0.2) is 47.5 Å². The van der Waals surface area contributed by atoms with Gasteiger partial charge in [-0.15, -0.1) is 0 Å². The molecule has 6 nitrogen and oxygen atoms in total. The number of ether oxygens (including phenoxy) is 1. The molecular formula is C21H24Cl2N4O2. The molecule has 1 aliphatic rings. The van der Waals surface area contributed by atoms with Gasteiger partial charge in [0, 0.05) is 36.2 Å². The third-order valence-electron chi connectivity index (χ3n) is 4.36. The molecule has 0 atom stereocenters. The van der Waals surface area contributed by atoms with Crippen molar-refractivity contribution in [2.75, 3.05) is 13.7 Å². The fourth-order valence-electron chi connectivity index (χ4n) is 2.64. The molecule has 1 aliphatic carbocycles. The minimum atomic E-state index is -0.0820. The molecule has 0 unspecified atom stereocenters. The average molecular weight is 435 g/mol. The van der Waals surface area contributed by atoms with Gasteiger partial charge >= 0.3 is 0 Å². The second-order valence-electron chi connectivity index (χ2n) is 6.79. The van der Waals surface area contributed by atoms with Crippen LogP contribution in [0.2, 0.25) is 10.0 Å². The summed E-state index contributed by atoms with van der Waals surface area (Å²) in [6, 6.07) is 13.4. The summed E-state index contributed by atoms with van der Waals surface area (Å²) in [5.41, 5.74) is 1.94. The molecule has 154 valence electrons. The Morgan fingerprint density at radius 3 is 2.66 bits per heavy atom. The van der Waals surface area contributed by atoms with Crippen molar-refractivity contribution in [2.24, 2.45) is 4.99 Å². The highest BCUT2D eigenvalue weighted by Crippen LogP contribution is 2.21. The third kappa shape index (κ3) is 7.15. The lowest BCUT2D eigenvalue weighted by Gasteiger charge is -2.13. The topological polar surface area (TPSA) is 74.8 Å². The molecule has 0 bridgehead atoms. The van der Waals surface area contributed by atoms with E-state index in [9.17, 15) is 4.79 Å². The number of halogens is 2. The van der Waals surface area contributed by atoms with E-state index in [4.69, 9.17) is 27.9 Å². The van der Waals surface area contributed by atoms with Gasteiger partial charge in [0.2, 0.25) is 0 Å². The number of aliphatic imine (C=N–C) groups is 1. The van der Waals surface area contributed by atoms with Gasteiger partial charge in [-0.05, 0) is 48.2 Å². The van der Waals surface area contributed by atoms with Crippen molar-refractivity contribution < 1.29 is 9.53 Å². The number of hydrogen-bond acceptors (Lipinski definition) is 3. The lowest BCUT2D eigenvalue weighted by molar-refractivity contribution is -0.123. The molecule has 0 saturated heterocycles. The summed E-state index contributed by atoms with van der Waals surface area (Å²) in [6.07, 6.45) is 2.12. The van der Waals surface area contributed by atoms with E-state index in [-0.39, 0.29) is 12.5 Å². The highest BCUT2D eigenvalue weighted by Gasteiger charge is 2.23. The zero-order chi connectivity index (χ0) is 20.6. The SMILES string of the molecule is CN=C(NCc1cccc(OCC(=O)NC2CC2)c1)NCc1ccc(Cl)cc1Cl. The fraction of sp³-hybridized carbons (Fsp3) is 0.333. The summed E-state index contributed by atoms with van der Waals surface area (Å²) in [4.78, 5) is 16.0. The van der Waals surface area contributed by atoms with Crippen molar-refractivity contribution in [3.63, 3.8) is 0 Å². The maximum atomic E-state index is 11.7. The number of carbonyl (C=O) groups is 1. The Morgan fingerprint density at radius 1 is 1.14 bits per heavy atom. The Labute approximate surface area is 180 Å². The molecule has 1 fully saturated rings. The van der Waals surface area contributed by atoms with E-state index in [0.717, 1.165) is 24.0 Å². The predicted octanol–water partition coefficient (Wildman–Crippen LogP) is 3.52. The number of amides is 1. The van der Waals surface area contributed by atoms with E-state index in [1.165, 1.54) is 0 Å². The Morgan fingerprint density at radius 2 is 1.93 bits per heavy atom. The molecule has 29 heavy (non-hydrogen) atoms. The van der Waals surface area contributed by atoms with Crippen LogP contribution in [-0.4, -0.2) is 31.6 Å². The summed E-state index contributed by atoms with van der Waals surface area (Å²) < 4.78 is 5.59. The lowest BCUT2D eigenvalue weighted by atomic mass is 10.2. The molecule has 2 aromatic rings. The largest absolute Gasteiger partial charge is 0.484 e. The highest BCUT2D eigenvalue weighted by molar-refractivity contribution is 6.35. The number of carbonyl (C=O) groups excluding carboxylic acids is 1. The number of hydrogen-bond donors (Lipinski definition) is 3. The minimum Gasteiger partial charge on any atom is -0.484 e. The van der Waals surface area contributed by atoms with E-state index in [2.05, 4.69) is 20.9 Å². The number of guanidine groups is 1. The van der Waals surface area contributed by atoms with Crippen LogP contribution in [0.5, 0.6) is 5.75 Å². The second-order valence-corrected chi connectivity index (χ2v) is 7.64. The molecule has 0 heterocycles. The second kappa shape index (κ2) is 10.4. The number of rotatable bonds is 8. The molecule has 1 saturated carbocycles. The zero-order valence-corrected chi connectivity index (χ0v) is 17.7. The molecule has 0 aliphatic heterocycles. The van der Waals surface area contributed by atoms with E-state index >= 15 is 0 Å². The monoisotopic (exact) mass is 434 g/mol. The van der Waals surface area contributed by atoms with E-state index in [1.54, 1.807) is 19.2 Å². The summed E-state index contributed by atoms with van der Waals surface area (Å²) in [6.45, 7) is 1.10. The molecule has 2 aromatic carbocycles. The average Bonchev–Trinajstić information content (AvgIpc) is 3.52. The molecule has 1 amide bonds. The molecule has 3 rings (SSSR count). The maximum absolute atomic E-state index is 11.7. The smallest absolute Gasteiger partial charge is 0.258 e. The van der Waals surface area contributed by atoms with Gasteiger partial charge in [0.05, 0.1) is 0 Å². The van der Waals surface area contributed by atoms with Crippen LogP contribution in [0.25, 0.3) is 0 Å². The fourth-order valence-corrected chi connectivity index (χ4v) is 3.12. The van der Waals surface area contributed by atoms with Gasteiger partial charge in [0.25, 0.3) is 5.91 Å². The van der Waals surface area contributed by atoms with Crippen LogP contribution < -0.4 is 20.7 Å². The first-order valence-corrected chi connectivity index (χ1v) is 10.2. The van der Waals surface area contributed by atoms with Gasteiger partial charge in [-0.3, -0.25) is 9.79 Å².